The van der Waals surface area contributed by atoms with Crippen LogP contribution in [0.1, 0.15) is 11.4 Å². The van der Waals surface area contributed by atoms with E-state index in [1.165, 1.54) is 5.56 Å². The quantitative estimate of drug-likeness (QED) is 0.286. The average molecular weight is 496 g/mol. The summed E-state index contributed by atoms with van der Waals surface area (Å²) in [4.78, 5) is 4.89. The molecule has 0 spiro atoms. The molecule has 3 aromatic heterocycles. The molecule has 3 heterocycles. The maximum absolute atomic E-state index is 6.05. The van der Waals surface area contributed by atoms with Crippen LogP contribution >= 0.6 is 15.9 Å². The monoisotopic (exact) mass is 495 g/mol. The van der Waals surface area contributed by atoms with Crippen molar-refractivity contribution in [1.82, 2.24) is 25.0 Å². The van der Waals surface area contributed by atoms with E-state index in [-0.39, 0.29) is 0 Å². The van der Waals surface area contributed by atoms with E-state index in [2.05, 4.69) is 38.3 Å². The van der Waals surface area contributed by atoms with Crippen LogP contribution in [0.3, 0.4) is 0 Å². The van der Waals surface area contributed by atoms with E-state index in [0.29, 0.717) is 18.0 Å². The largest absolute Gasteiger partial charge is 0.453 e. The fourth-order valence-corrected chi connectivity index (χ4v) is 4.45. The number of fused-ring (bicyclic) bond motifs is 2. The summed E-state index contributed by atoms with van der Waals surface area (Å²) < 4.78 is 8.99. The van der Waals surface area contributed by atoms with Gasteiger partial charge in [0.15, 0.2) is 5.76 Å². The van der Waals surface area contributed by atoms with Gasteiger partial charge in [-0.2, -0.15) is 10.2 Å². The molecule has 0 aliphatic carbocycles. The van der Waals surface area contributed by atoms with E-state index < -0.39 is 0 Å². The van der Waals surface area contributed by atoms with Crippen LogP contribution in [0.25, 0.3) is 39.1 Å². The highest BCUT2D eigenvalue weighted by Gasteiger charge is 2.18. The van der Waals surface area contributed by atoms with Crippen molar-refractivity contribution in [2.24, 2.45) is 0 Å². The van der Waals surface area contributed by atoms with Crippen molar-refractivity contribution in [2.75, 3.05) is 0 Å². The molecule has 0 bridgehead atoms. The summed E-state index contributed by atoms with van der Waals surface area (Å²) in [6.45, 7) is 0. The van der Waals surface area contributed by atoms with Gasteiger partial charge in [0.1, 0.15) is 11.4 Å². The summed E-state index contributed by atoms with van der Waals surface area (Å²) >= 11 is 3.56. The molecule has 0 amide bonds. The molecule has 0 atom stereocenters. The molecule has 0 aliphatic rings. The van der Waals surface area contributed by atoms with Crippen LogP contribution in [0.2, 0.25) is 0 Å². The van der Waals surface area contributed by atoms with E-state index in [1.54, 1.807) is 6.20 Å². The normalized spacial score (nSPS) is 11.4. The van der Waals surface area contributed by atoms with E-state index >= 15 is 0 Å². The van der Waals surface area contributed by atoms with Crippen LogP contribution in [-0.4, -0.2) is 25.0 Å². The van der Waals surface area contributed by atoms with Crippen molar-refractivity contribution < 1.29 is 4.42 Å². The number of hydrogen-bond acceptors (Lipinski definition) is 5. The number of rotatable bonds is 5. The molecule has 0 unspecified atom stereocenters. The van der Waals surface area contributed by atoms with Gasteiger partial charge >= 0.3 is 0 Å². The summed E-state index contributed by atoms with van der Waals surface area (Å²) in [6, 6.07) is 26.1. The third-order valence-electron chi connectivity index (χ3n) is 5.60. The average Bonchev–Trinajstić information content (AvgIpc) is 3.47. The second-order valence-corrected chi connectivity index (χ2v) is 8.70. The third kappa shape index (κ3) is 3.81. The first-order valence-electron chi connectivity index (χ1n) is 10.6. The van der Waals surface area contributed by atoms with Crippen molar-refractivity contribution in [3.63, 3.8) is 0 Å². The minimum absolute atomic E-state index is 0.552. The minimum Gasteiger partial charge on any atom is -0.453 e. The molecule has 160 valence electrons. The zero-order valence-corrected chi connectivity index (χ0v) is 19.1. The lowest BCUT2D eigenvalue weighted by molar-refractivity contribution is 0.624. The van der Waals surface area contributed by atoms with Crippen LogP contribution in [0.5, 0.6) is 0 Å². The minimum atomic E-state index is 0.552. The zero-order chi connectivity index (χ0) is 22.2. The third-order valence-corrected chi connectivity index (χ3v) is 6.09. The Bertz CT molecular complexity index is 1570. The first kappa shape index (κ1) is 19.8. The smallest absolute Gasteiger partial charge is 0.217 e. The van der Waals surface area contributed by atoms with Gasteiger partial charge in [-0.15, -0.1) is 5.10 Å². The number of aromatic nitrogens is 5. The summed E-state index contributed by atoms with van der Waals surface area (Å²) in [5, 5.41) is 15.3. The molecule has 3 aromatic carbocycles. The zero-order valence-electron chi connectivity index (χ0n) is 17.5. The Kier molecular flexibility index (Phi) is 4.96. The van der Waals surface area contributed by atoms with Gasteiger partial charge in [-0.05, 0) is 42.3 Å². The van der Waals surface area contributed by atoms with E-state index in [9.17, 15) is 0 Å². The summed E-state index contributed by atoms with van der Waals surface area (Å²) in [5.74, 6) is 2.03. The topological polar surface area (TPSA) is 69.6 Å². The Hall–Kier alpha value is -3.84. The predicted molar refractivity (Wildman–Crippen MR) is 131 cm³/mol. The molecule has 0 radical (unpaired) electrons. The maximum Gasteiger partial charge on any atom is 0.217 e. The molecule has 0 aliphatic heterocycles. The maximum atomic E-state index is 6.05. The van der Waals surface area contributed by atoms with E-state index in [0.717, 1.165) is 44.3 Å². The first-order valence-corrected chi connectivity index (χ1v) is 11.4. The van der Waals surface area contributed by atoms with Gasteiger partial charge < -0.3 is 4.42 Å². The van der Waals surface area contributed by atoms with Crippen molar-refractivity contribution in [1.29, 1.82) is 0 Å². The molecular weight excluding hydrogens is 478 g/mol. The summed E-state index contributed by atoms with van der Waals surface area (Å²) in [5.41, 5.74) is 3.70. The Labute approximate surface area is 198 Å². The second kappa shape index (κ2) is 8.26. The first-order chi connectivity index (χ1) is 16.2. The predicted octanol–water partition coefficient (Wildman–Crippen LogP) is 6.17. The molecule has 6 nitrogen and oxygen atoms in total. The number of hydrogen-bond donors (Lipinski definition) is 0. The van der Waals surface area contributed by atoms with E-state index in [4.69, 9.17) is 14.5 Å². The molecule has 7 heteroatoms. The molecule has 0 fully saturated rings. The van der Waals surface area contributed by atoms with Gasteiger partial charge in [0.25, 0.3) is 0 Å². The van der Waals surface area contributed by atoms with Crippen molar-refractivity contribution >= 4 is 37.8 Å². The SMILES string of the molecule is Brc1cccc(CCc2nc(-c3cc4ccccc4o3)nn2-c2cnnc3ccccc23)c1. The van der Waals surface area contributed by atoms with Gasteiger partial charge in [-0.25, -0.2) is 9.67 Å². The fraction of sp³-hybridized carbons (Fsp3) is 0.0769. The van der Waals surface area contributed by atoms with Crippen molar-refractivity contribution in [3.05, 3.63) is 101 Å². The summed E-state index contributed by atoms with van der Waals surface area (Å²) in [7, 11) is 0. The Morgan fingerprint density at radius 2 is 1.76 bits per heavy atom. The molecule has 0 saturated carbocycles. The molecular formula is C26H18BrN5O. The van der Waals surface area contributed by atoms with Crippen LogP contribution in [0.15, 0.2) is 93.9 Å². The molecule has 33 heavy (non-hydrogen) atoms. The van der Waals surface area contributed by atoms with Gasteiger partial charge in [0, 0.05) is 21.7 Å². The lowest BCUT2D eigenvalue weighted by atomic mass is 10.1. The molecule has 6 aromatic rings. The molecule has 0 N–H and O–H groups in total. The lowest BCUT2D eigenvalue weighted by Crippen LogP contribution is -2.06. The van der Waals surface area contributed by atoms with Crippen LogP contribution in [0, 0.1) is 0 Å². The number of aryl methyl sites for hydroxylation is 2. The molecule has 0 saturated heterocycles. The van der Waals surface area contributed by atoms with Crippen LogP contribution < -0.4 is 0 Å². The standard InChI is InChI=1S/C26H18BrN5O/c27-19-8-5-6-17(14-19)12-13-25-29-26(24-15-18-7-1-4-11-23(18)33-24)31-32(25)22-16-28-30-21-10-3-2-9-20(21)22/h1-11,14-16H,12-13H2. The van der Waals surface area contributed by atoms with Crippen molar-refractivity contribution in [2.45, 2.75) is 12.8 Å². The Morgan fingerprint density at radius 3 is 2.67 bits per heavy atom. The van der Waals surface area contributed by atoms with Crippen LogP contribution in [0.4, 0.5) is 0 Å². The van der Waals surface area contributed by atoms with Gasteiger partial charge in [0.2, 0.25) is 5.82 Å². The highest BCUT2D eigenvalue weighted by atomic mass is 79.9. The van der Waals surface area contributed by atoms with Gasteiger partial charge in [-0.3, -0.25) is 0 Å². The Morgan fingerprint density at radius 1 is 0.879 bits per heavy atom. The highest BCUT2D eigenvalue weighted by Crippen LogP contribution is 2.28. The highest BCUT2D eigenvalue weighted by molar-refractivity contribution is 9.10. The molecule has 6 rings (SSSR count). The number of benzene rings is 3. The lowest BCUT2D eigenvalue weighted by Gasteiger charge is -2.08. The number of para-hydroxylation sites is 1. The summed E-state index contributed by atoms with van der Waals surface area (Å²) in [6.07, 6.45) is 3.27. The van der Waals surface area contributed by atoms with Crippen LogP contribution in [-0.2, 0) is 12.8 Å². The van der Waals surface area contributed by atoms with Crippen molar-refractivity contribution in [3.8, 4) is 17.3 Å². The van der Waals surface area contributed by atoms with E-state index in [1.807, 2.05) is 71.4 Å². The second-order valence-electron chi connectivity index (χ2n) is 7.79. The van der Waals surface area contributed by atoms with Gasteiger partial charge in [0.05, 0.1) is 17.4 Å². The van der Waals surface area contributed by atoms with Gasteiger partial charge in [-0.1, -0.05) is 64.5 Å². The number of nitrogens with zero attached hydrogens (tertiary/aromatic N) is 5. The number of furan rings is 1. The Balaban J connectivity index is 1.47. The fourth-order valence-electron chi connectivity index (χ4n) is 4.01. The number of halogens is 1.